The van der Waals surface area contributed by atoms with Gasteiger partial charge in [0.2, 0.25) is 5.91 Å². The van der Waals surface area contributed by atoms with Gasteiger partial charge in [0, 0.05) is 25.2 Å². The Balaban J connectivity index is 2.28. The molecule has 1 rings (SSSR count). The Bertz CT molecular complexity index is 252. The monoisotopic (exact) mass is 196 g/mol. The Morgan fingerprint density at radius 3 is 2.57 bits per heavy atom. The first-order valence-corrected chi connectivity index (χ1v) is 5.08. The van der Waals surface area contributed by atoms with Gasteiger partial charge in [-0.15, -0.1) is 0 Å². The van der Waals surface area contributed by atoms with Crippen molar-refractivity contribution in [2.24, 2.45) is 5.41 Å². The van der Waals surface area contributed by atoms with Crippen molar-refractivity contribution in [2.75, 3.05) is 13.1 Å². The summed E-state index contributed by atoms with van der Waals surface area (Å²) < 4.78 is 0. The molecule has 3 heteroatoms. The number of carbonyl (C=O) groups excluding carboxylic acids is 1. The number of nitrogens with one attached hydrogen (secondary N) is 2. The topological polar surface area (TPSA) is 41.1 Å². The molecule has 1 aliphatic heterocycles. The SMILES string of the molecule is CC(C)=CC(=O)NCC1NCC1(C)C. The van der Waals surface area contributed by atoms with Gasteiger partial charge in [-0.05, 0) is 19.3 Å². The third-order valence-corrected chi connectivity index (χ3v) is 2.65. The second-order valence-corrected chi connectivity index (χ2v) is 4.89. The largest absolute Gasteiger partial charge is 0.351 e. The number of amides is 1. The van der Waals surface area contributed by atoms with E-state index in [9.17, 15) is 4.79 Å². The van der Waals surface area contributed by atoms with E-state index in [2.05, 4.69) is 24.5 Å². The molecular weight excluding hydrogens is 176 g/mol. The maximum Gasteiger partial charge on any atom is 0.243 e. The molecule has 0 bridgehead atoms. The van der Waals surface area contributed by atoms with Crippen molar-refractivity contribution in [2.45, 2.75) is 33.7 Å². The summed E-state index contributed by atoms with van der Waals surface area (Å²) in [5, 5.41) is 6.20. The van der Waals surface area contributed by atoms with E-state index < -0.39 is 0 Å². The van der Waals surface area contributed by atoms with Gasteiger partial charge < -0.3 is 10.6 Å². The summed E-state index contributed by atoms with van der Waals surface area (Å²) in [6, 6.07) is 0.414. The maximum atomic E-state index is 11.3. The molecule has 0 spiro atoms. The second-order valence-electron chi connectivity index (χ2n) is 4.89. The minimum atomic E-state index is 0.00880. The molecule has 0 aromatic carbocycles. The van der Waals surface area contributed by atoms with E-state index in [-0.39, 0.29) is 5.91 Å². The first-order chi connectivity index (χ1) is 6.42. The van der Waals surface area contributed by atoms with Crippen molar-refractivity contribution in [3.8, 4) is 0 Å². The van der Waals surface area contributed by atoms with E-state index in [1.165, 1.54) is 0 Å². The Hall–Kier alpha value is -0.830. The van der Waals surface area contributed by atoms with E-state index in [4.69, 9.17) is 0 Å². The summed E-state index contributed by atoms with van der Waals surface area (Å²) in [5.41, 5.74) is 1.35. The van der Waals surface area contributed by atoms with Gasteiger partial charge in [0.25, 0.3) is 0 Å². The van der Waals surface area contributed by atoms with Gasteiger partial charge in [0.05, 0.1) is 0 Å². The highest BCUT2D eigenvalue weighted by molar-refractivity contribution is 5.88. The lowest BCUT2D eigenvalue weighted by Gasteiger charge is -2.45. The molecule has 0 aromatic heterocycles. The first-order valence-electron chi connectivity index (χ1n) is 5.08. The highest BCUT2D eigenvalue weighted by Crippen LogP contribution is 2.26. The second kappa shape index (κ2) is 4.13. The summed E-state index contributed by atoms with van der Waals surface area (Å²) >= 11 is 0. The first kappa shape index (κ1) is 11.2. The molecule has 2 N–H and O–H groups in total. The lowest BCUT2D eigenvalue weighted by Crippen LogP contribution is -2.63. The van der Waals surface area contributed by atoms with Crippen LogP contribution in [0.3, 0.4) is 0 Å². The van der Waals surface area contributed by atoms with E-state index in [0.29, 0.717) is 11.5 Å². The van der Waals surface area contributed by atoms with Gasteiger partial charge in [-0.1, -0.05) is 19.4 Å². The predicted molar refractivity (Wildman–Crippen MR) is 58.0 cm³/mol. The van der Waals surface area contributed by atoms with Crippen LogP contribution in [0, 0.1) is 5.41 Å². The molecule has 0 aromatic rings. The normalized spacial score (nSPS) is 23.6. The number of allylic oxidation sites excluding steroid dienone is 1. The Kier molecular flexibility index (Phi) is 3.32. The molecule has 0 aliphatic carbocycles. The lowest BCUT2D eigenvalue weighted by molar-refractivity contribution is -0.116. The van der Waals surface area contributed by atoms with Crippen molar-refractivity contribution < 1.29 is 4.79 Å². The molecule has 1 aliphatic rings. The molecule has 3 nitrogen and oxygen atoms in total. The summed E-state index contributed by atoms with van der Waals surface area (Å²) in [7, 11) is 0. The van der Waals surface area contributed by atoms with Gasteiger partial charge in [0.15, 0.2) is 0 Å². The van der Waals surface area contributed by atoms with Crippen LogP contribution in [0.25, 0.3) is 0 Å². The van der Waals surface area contributed by atoms with Crippen LogP contribution in [-0.2, 0) is 4.79 Å². The third-order valence-electron chi connectivity index (χ3n) is 2.65. The highest BCUT2D eigenvalue weighted by Gasteiger charge is 2.37. The smallest absolute Gasteiger partial charge is 0.243 e. The van der Waals surface area contributed by atoms with Crippen LogP contribution in [0.4, 0.5) is 0 Å². The van der Waals surface area contributed by atoms with Crippen LogP contribution < -0.4 is 10.6 Å². The van der Waals surface area contributed by atoms with E-state index in [0.717, 1.165) is 18.7 Å². The van der Waals surface area contributed by atoms with Crippen LogP contribution in [0.15, 0.2) is 11.6 Å². The molecule has 1 atom stereocenters. The van der Waals surface area contributed by atoms with Gasteiger partial charge in [-0.25, -0.2) is 0 Å². The number of hydrogen-bond acceptors (Lipinski definition) is 2. The zero-order valence-electron chi connectivity index (χ0n) is 9.48. The van der Waals surface area contributed by atoms with Crippen LogP contribution in [0.1, 0.15) is 27.7 Å². The predicted octanol–water partition coefficient (Wildman–Crippen LogP) is 1.07. The highest BCUT2D eigenvalue weighted by atomic mass is 16.1. The van der Waals surface area contributed by atoms with Crippen LogP contribution in [0.2, 0.25) is 0 Å². The fourth-order valence-corrected chi connectivity index (χ4v) is 1.52. The molecule has 14 heavy (non-hydrogen) atoms. The van der Waals surface area contributed by atoms with Crippen molar-refractivity contribution in [1.29, 1.82) is 0 Å². The van der Waals surface area contributed by atoms with Crippen LogP contribution in [0.5, 0.6) is 0 Å². The third kappa shape index (κ3) is 2.84. The number of hydrogen-bond donors (Lipinski definition) is 2. The molecule has 80 valence electrons. The standard InChI is InChI=1S/C11H20N2O/c1-8(2)5-10(14)12-6-9-11(3,4)7-13-9/h5,9,13H,6-7H2,1-4H3,(H,12,14). The molecule has 1 amide bonds. The van der Waals surface area contributed by atoms with Crippen molar-refractivity contribution >= 4 is 5.91 Å². The minimum absolute atomic E-state index is 0.00880. The van der Waals surface area contributed by atoms with Gasteiger partial charge in [0.1, 0.15) is 0 Å². The number of carbonyl (C=O) groups is 1. The zero-order chi connectivity index (χ0) is 10.8. The molecule has 0 radical (unpaired) electrons. The van der Waals surface area contributed by atoms with Crippen molar-refractivity contribution in [3.05, 3.63) is 11.6 Å². The summed E-state index contributed by atoms with van der Waals surface area (Å²) in [4.78, 5) is 11.3. The molecule has 0 saturated carbocycles. The molecular formula is C11H20N2O. The van der Waals surface area contributed by atoms with Crippen LogP contribution in [-0.4, -0.2) is 25.0 Å². The van der Waals surface area contributed by atoms with Gasteiger partial charge >= 0.3 is 0 Å². The zero-order valence-corrected chi connectivity index (χ0v) is 9.48. The maximum absolute atomic E-state index is 11.3. The molecule has 1 saturated heterocycles. The van der Waals surface area contributed by atoms with E-state index in [1.54, 1.807) is 6.08 Å². The Morgan fingerprint density at radius 1 is 1.57 bits per heavy atom. The quantitative estimate of drug-likeness (QED) is 0.663. The fourth-order valence-electron chi connectivity index (χ4n) is 1.52. The van der Waals surface area contributed by atoms with Crippen LogP contribution >= 0.6 is 0 Å². The Morgan fingerprint density at radius 2 is 2.21 bits per heavy atom. The van der Waals surface area contributed by atoms with E-state index in [1.807, 2.05) is 13.8 Å². The lowest BCUT2D eigenvalue weighted by atomic mass is 9.77. The van der Waals surface area contributed by atoms with E-state index >= 15 is 0 Å². The van der Waals surface area contributed by atoms with Crippen molar-refractivity contribution in [1.82, 2.24) is 10.6 Å². The molecule has 1 unspecified atom stereocenters. The summed E-state index contributed by atoms with van der Waals surface area (Å²) in [5.74, 6) is 0.00880. The molecule has 1 fully saturated rings. The fraction of sp³-hybridized carbons (Fsp3) is 0.727. The summed E-state index contributed by atoms with van der Waals surface area (Å²) in [6.07, 6.45) is 1.63. The van der Waals surface area contributed by atoms with Gasteiger partial charge in [-0.2, -0.15) is 0 Å². The minimum Gasteiger partial charge on any atom is -0.351 e. The average Bonchev–Trinajstić information content (AvgIpc) is 2.01. The number of rotatable bonds is 3. The summed E-state index contributed by atoms with van der Waals surface area (Å²) in [6.45, 7) is 10.0. The Labute approximate surface area is 86.0 Å². The average molecular weight is 196 g/mol. The van der Waals surface area contributed by atoms with Gasteiger partial charge in [-0.3, -0.25) is 4.79 Å². The molecule has 1 heterocycles. The van der Waals surface area contributed by atoms with Crippen molar-refractivity contribution in [3.63, 3.8) is 0 Å².